The zero-order chi connectivity index (χ0) is 21.5. The number of carboxylic acids is 1. The van der Waals surface area contributed by atoms with Gasteiger partial charge in [0, 0.05) is 24.8 Å². The lowest BCUT2D eigenvalue weighted by atomic mass is 9.99. The molecule has 0 aliphatic heterocycles. The number of aromatic carboxylic acids is 1. The van der Waals surface area contributed by atoms with Crippen molar-refractivity contribution in [2.75, 3.05) is 19.0 Å². The summed E-state index contributed by atoms with van der Waals surface area (Å²) in [6, 6.07) is 16.4. The highest BCUT2D eigenvalue weighted by atomic mass is 16.4. The Kier molecular flexibility index (Phi) is 6.77. The number of aromatic nitrogens is 2. The number of nitrogens with one attached hydrogen (secondary N) is 1. The van der Waals surface area contributed by atoms with E-state index < -0.39 is 5.97 Å². The van der Waals surface area contributed by atoms with Gasteiger partial charge in [0.2, 0.25) is 5.71 Å². The lowest BCUT2D eigenvalue weighted by Gasteiger charge is -2.06. The summed E-state index contributed by atoms with van der Waals surface area (Å²) in [5, 5.41) is 20.9. The van der Waals surface area contributed by atoms with Gasteiger partial charge in [0.15, 0.2) is 0 Å². The Morgan fingerprint density at radius 1 is 1.03 bits per heavy atom. The molecule has 0 amide bonds. The summed E-state index contributed by atoms with van der Waals surface area (Å²) >= 11 is 0. The SMILES string of the molecule is CCCO.CNc1ncnc2oc(-c3ccc(C(=O)O)cc3)c(-c3ccccc3)c12. The molecule has 7 nitrogen and oxygen atoms in total. The Morgan fingerprint density at radius 3 is 2.27 bits per heavy atom. The number of rotatable bonds is 5. The van der Waals surface area contributed by atoms with Crippen LogP contribution in [0.25, 0.3) is 33.6 Å². The van der Waals surface area contributed by atoms with Gasteiger partial charge in [-0.15, -0.1) is 0 Å². The van der Waals surface area contributed by atoms with Gasteiger partial charge in [0.1, 0.15) is 17.9 Å². The van der Waals surface area contributed by atoms with Gasteiger partial charge in [-0.25, -0.2) is 14.8 Å². The molecule has 0 aliphatic rings. The molecule has 154 valence electrons. The molecular weight excluding hydrogens is 382 g/mol. The van der Waals surface area contributed by atoms with E-state index in [0.717, 1.165) is 28.5 Å². The number of hydrogen-bond acceptors (Lipinski definition) is 6. The topological polar surface area (TPSA) is 108 Å². The number of carboxylic acid groups (broad SMARTS) is 1. The maximum absolute atomic E-state index is 11.1. The average Bonchev–Trinajstić information content (AvgIpc) is 3.19. The Hall–Kier alpha value is -3.71. The monoisotopic (exact) mass is 405 g/mol. The van der Waals surface area contributed by atoms with E-state index in [0.29, 0.717) is 23.9 Å². The molecule has 0 saturated heterocycles. The van der Waals surface area contributed by atoms with E-state index in [9.17, 15) is 4.79 Å². The fourth-order valence-electron chi connectivity index (χ4n) is 2.97. The highest BCUT2D eigenvalue weighted by Crippen LogP contribution is 2.42. The van der Waals surface area contributed by atoms with Crippen LogP contribution in [0.1, 0.15) is 23.7 Å². The van der Waals surface area contributed by atoms with Crippen LogP contribution in [0.5, 0.6) is 0 Å². The number of benzene rings is 2. The Labute approximate surface area is 174 Å². The molecule has 0 aliphatic carbocycles. The van der Waals surface area contributed by atoms with E-state index in [1.54, 1.807) is 31.3 Å². The molecule has 7 heteroatoms. The summed E-state index contributed by atoms with van der Waals surface area (Å²) < 4.78 is 6.04. The third kappa shape index (κ3) is 4.31. The van der Waals surface area contributed by atoms with Crippen molar-refractivity contribution in [3.05, 3.63) is 66.5 Å². The predicted octanol–water partition coefficient (Wildman–Crippen LogP) is 4.69. The zero-order valence-electron chi connectivity index (χ0n) is 16.8. The Morgan fingerprint density at radius 2 is 1.70 bits per heavy atom. The molecule has 4 aromatic rings. The van der Waals surface area contributed by atoms with Crippen molar-refractivity contribution in [3.8, 4) is 22.5 Å². The first-order valence-electron chi connectivity index (χ1n) is 9.55. The molecule has 0 unspecified atom stereocenters. The second-order valence-corrected chi connectivity index (χ2v) is 6.43. The Balaban J connectivity index is 0.000000589. The highest BCUT2D eigenvalue weighted by Gasteiger charge is 2.21. The van der Waals surface area contributed by atoms with Crippen molar-refractivity contribution in [2.45, 2.75) is 13.3 Å². The summed E-state index contributed by atoms with van der Waals surface area (Å²) in [5.41, 5.74) is 3.31. The number of aliphatic hydroxyl groups is 1. The lowest BCUT2D eigenvalue weighted by Crippen LogP contribution is -1.95. The van der Waals surface area contributed by atoms with Crippen LogP contribution in [-0.2, 0) is 0 Å². The lowest BCUT2D eigenvalue weighted by molar-refractivity contribution is 0.0697. The number of fused-ring (bicyclic) bond motifs is 1. The third-order valence-corrected chi connectivity index (χ3v) is 4.41. The first kappa shape index (κ1) is 21.0. The number of aliphatic hydroxyl groups excluding tert-OH is 1. The molecule has 2 aromatic carbocycles. The van der Waals surface area contributed by atoms with Crippen LogP contribution < -0.4 is 5.32 Å². The molecule has 3 N–H and O–H groups in total. The van der Waals surface area contributed by atoms with Crippen LogP contribution in [0.2, 0.25) is 0 Å². The van der Waals surface area contributed by atoms with Crippen molar-refractivity contribution in [1.29, 1.82) is 0 Å². The smallest absolute Gasteiger partial charge is 0.335 e. The molecule has 0 atom stereocenters. The summed E-state index contributed by atoms with van der Waals surface area (Å²) in [4.78, 5) is 19.7. The maximum atomic E-state index is 11.1. The fourth-order valence-corrected chi connectivity index (χ4v) is 2.97. The third-order valence-electron chi connectivity index (χ3n) is 4.41. The average molecular weight is 405 g/mol. The molecule has 2 aromatic heterocycles. The molecular formula is C23H23N3O4. The van der Waals surface area contributed by atoms with Crippen molar-refractivity contribution in [3.63, 3.8) is 0 Å². The number of furan rings is 1. The van der Waals surface area contributed by atoms with E-state index >= 15 is 0 Å². The minimum atomic E-state index is -0.965. The summed E-state index contributed by atoms with van der Waals surface area (Å²) in [5.74, 6) is 0.332. The number of hydrogen-bond donors (Lipinski definition) is 3. The van der Waals surface area contributed by atoms with Crippen molar-refractivity contribution >= 4 is 22.9 Å². The molecule has 30 heavy (non-hydrogen) atoms. The number of nitrogens with zero attached hydrogens (tertiary/aromatic N) is 2. The van der Waals surface area contributed by atoms with E-state index in [1.165, 1.54) is 6.33 Å². The van der Waals surface area contributed by atoms with E-state index in [1.807, 2.05) is 37.3 Å². The molecule has 0 saturated carbocycles. The van der Waals surface area contributed by atoms with Gasteiger partial charge >= 0.3 is 5.97 Å². The van der Waals surface area contributed by atoms with Gasteiger partial charge in [-0.05, 0) is 24.1 Å². The highest BCUT2D eigenvalue weighted by molar-refractivity contribution is 6.05. The normalized spacial score (nSPS) is 10.4. The second-order valence-electron chi connectivity index (χ2n) is 6.43. The quantitative estimate of drug-likeness (QED) is 0.442. The van der Waals surface area contributed by atoms with Crippen LogP contribution in [0.4, 0.5) is 5.82 Å². The van der Waals surface area contributed by atoms with Crippen molar-refractivity contribution in [1.82, 2.24) is 9.97 Å². The molecule has 0 spiro atoms. The van der Waals surface area contributed by atoms with Gasteiger partial charge < -0.3 is 19.9 Å². The summed E-state index contributed by atoms with van der Waals surface area (Å²) in [6.07, 6.45) is 2.32. The number of anilines is 1. The van der Waals surface area contributed by atoms with Crippen LogP contribution in [0, 0.1) is 0 Å². The number of carbonyl (C=O) groups is 1. The van der Waals surface area contributed by atoms with Gasteiger partial charge in [-0.1, -0.05) is 49.4 Å². The maximum Gasteiger partial charge on any atom is 0.335 e. The molecule has 0 fully saturated rings. The van der Waals surface area contributed by atoms with E-state index in [2.05, 4.69) is 15.3 Å². The van der Waals surface area contributed by atoms with Crippen molar-refractivity contribution in [2.24, 2.45) is 0 Å². The minimum Gasteiger partial charge on any atom is -0.478 e. The van der Waals surface area contributed by atoms with Crippen LogP contribution in [0.3, 0.4) is 0 Å². The van der Waals surface area contributed by atoms with Gasteiger partial charge in [0.25, 0.3) is 0 Å². The Bertz CT molecular complexity index is 1120. The van der Waals surface area contributed by atoms with E-state index in [4.69, 9.17) is 14.6 Å². The van der Waals surface area contributed by atoms with Gasteiger partial charge in [0.05, 0.1) is 10.9 Å². The first-order valence-corrected chi connectivity index (χ1v) is 9.55. The summed E-state index contributed by atoms with van der Waals surface area (Å²) in [6.45, 7) is 2.25. The van der Waals surface area contributed by atoms with Gasteiger partial charge in [-0.3, -0.25) is 0 Å². The van der Waals surface area contributed by atoms with Crippen LogP contribution in [-0.4, -0.2) is 39.8 Å². The molecule has 2 heterocycles. The van der Waals surface area contributed by atoms with Gasteiger partial charge in [-0.2, -0.15) is 0 Å². The predicted molar refractivity (Wildman–Crippen MR) is 117 cm³/mol. The molecule has 0 bridgehead atoms. The largest absolute Gasteiger partial charge is 0.478 e. The van der Waals surface area contributed by atoms with Crippen LogP contribution >= 0.6 is 0 Å². The first-order chi connectivity index (χ1) is 14.6. The van der Waals surface area contributed by atoms with E-state index in [-0.39, 0.29) is 5.56 Å². The minimum absolute atomic E-state index is 0.224. The summed E-state index contributed by atoms with van der Waals surface area (Å²) in [7, 11) is 1.80. The molecule has 4 rings (SSSR count). The standard InChI is InChI=1S/C20H15N3O3.C3H8O/c1-21-18-16-15(12-5-3-2-4-6-12)17(26-19(16)23-11-22-18)13-7-9-14(10-8-13)20(24)25;1-2-3-4/h2-11H,1H3,(H,24,25)(H,21,22,23);4H,2-3H2,1H3. The fraction of sp³-hybridized carbons (Fsp3) is 0.174. The zero-order valence-corrected chi connectivity index (χ0v) is 16.8. The van der Waals surface area contributed by atoms with Crippen molar-refractivity contribution < 1.29 is 19.4 Å². The van der Waals surface area contributed by atoms with Crippen LogP contribution in [0.15, 0.2) is 65.3 Å². The molecule has 0 radical (unpaired) electrons. The second kappa shape index (κ2) is 9.67.